The van der Waals surface area contributed by atoms with Gasteiger partial charge >= 0.3 is 11.9 Å². The topological polar surface area (TPSA) is 69.7 Å². The summed E-state index contributed by atoms with van der Waals surface area (Å²) in [6, 6.07) is 8.06. The smallest absolute Gasteiger partial charge is 0.311 e. The molecule has 1 aromatic rings. The Morgan fingerprint density at radius 1 is 1.25 bits per heavy atom. The van der Waals surface area contributed by atoms with Crippen LogP contribution in [0.4, 0.5) is 0 Å². The summed E-state index contributed by atoms with van der Waals surface area (Å²) in [6.45, 7) is 5.56. The second-order valence-corrected chi connectivity index (χ2v) is 9.22. The van der Waals surface area contributed by atoms with Crippen LogP contribution < -0.4 is 0 Å². The van der Waals surface area contributed by atoms with E-state index in [0.717, 1.165) is 30.3 Å². The minimum absolute atomic E-state index is 0.00373. The highest BCUT2D eigenvalue weighted by Crippen LogP contribution is 2.63. The molecule has 5 heteroatoms. The molecule has 4 atom stereocenters. The summed E-state index contributed by atoms with van der Waals surface area (Å²) < 4.78 is 10.9. The van der Waals surface area contributed by atoms with Gasteiger partial charge in [-0.3, -0.25) is 9.59 Å². The number of ether oxygens (including phenoxy) is 2. The van der Waals surface area contributed by atoms with Crippen LogP contribution in [-0.4, -0.2) is 30.9 Å². The third-order valence-electron chi connectivity index (χ3n) is 6.14. The summed E-state index contributed by atoms with van der Waals surface area (Å²) in [5.74, 6) is 0.0183. The number of benzene rings is 1. The van der Waals surface area contributed by atoms with Crippen molar-refractivity contribution >= 4 is 18.2 Å². The summed E-state index contributed by atoms with van der Waals surface area (Å²) in [5.41, 5.74) is 0.930. The van der Waals surface area contributed by atoms with Gasteiger partial charge < -0.3 is 14.3 Å². The van der Waals surface area contributed by atoms with Crippen molar-refractivity contribution in [3.05, 3.63) is 35.4 Å². The largest absolute Gasteiger partial charge is 0.469 e. The minimum Gasteiger partial charge on any atom is -0.469 e. The van der Waals surface area contributed by atoms with Crippen molar-refractivity contribution in [1.82, 2.24) is 0 Å². The molecule has 0 heterocycles. The highest BCUT2D eigenvalue weighted by Gasteiger charge is 2.67. The molecule has 3 rings (SSSR count). The fourth-order valence-corrected chi connectivity index (χ4v) is 4.56. The molecule has 5 nitrogen and oxygen atoms in total. The first-order valence-corrected chi connectivity index (χ1v) is 10.0. The maximum Gasteiger partial charge on any atom is 0.311 e. The van der Waals surface area contributed by atoms with E-state index >= 15 is 0 Å². The molecule has 4 unspecified atom stereocenters. The highest BCUT2D eigenvalue weighted by atomic mass is 16.6. The quantitative estimate of drug-likeness (QED) is 0.530. The van der Waals surface area contributed by atoms with Crippen molar-refractivity contribution in [2.75, 3.05) is 7.11 Å². The number of esters is 2. The van der Waals surface area contributed by atoms with Gasteiger partial charge in [0.25, 0.3) is 0 Å². The van der Waals surface area contributed by atoms with Gasteiger partial charge in [-0.2, -0.15) is 0 Å². The van der Waals surface area contributed by atoms with Gasteiger partial charge in [-0.15, -0.1) is 0 Å². The summed E-state index contributed by atoms with van der Waals surface area (Å²) in [7, 11) is 1.39. The van der Waals surface area contributed by atoms with Crippen LogP contribution in [0.5, 0.6) is 0 Å². The van der Waals surface area contributed by atoms with Crippen LogP contribution in [0.25, 0.3) is 0 Å². The second-order valence-electron chi connectivity index (χ2n) is 9.22. The third kappa shape index (κ3) is 4.13. The van der Waals surface area contributed by atoms with Crippen LogP contribution in [0.15, 0.2) is 24.3 Å². The van der Waals surface area contributed by atoms with Gasteiger partial charge in [0, 0.05) is 24.7 Å². The zero-order valence-electron chi connectivity index (χ0n) is 17.2. The number of aryl methyl sites for hydroxylation is 1. The fourth-order valence-electron chi connectivity index (χ4n) is 4.56. The van der Waals surface area contributed by atoms with E-state index in [1.165, 1.54) is 7.11 Å². The lowest BCUT2D eigenvalue weighted by atomic mass is 9.86. The van der Waals surface area contributed by atoms with Gasteiger partial charge in [-0.1, -0.05) is 24.3 Å². The van der Waals surface area contributed by atoms with E-state index in [4.69, 9.17) is 9.47 Å². The Morgan fingerprint density at radius 3 is 2.57 bits per heavy atom. The molecule has 0 amide bonds. The maximum atomic E-state index is 12.7. The SMILES string of the molecule is COC(=O)CCc1cccc(CC2(OC(=O)C(C)(C)C)CCC3C(C=O)C32)c1. The molecule has 28 heavy (non-hydrogen) atoms. The molecule has 0 spiro atoms. The molecule has 2 aliphatic carbocycles. The molecule has 0 saturated heterocycles. The number of hydrogen-bond acceptors (Lipinski definition) is 5. The van der Waals surface area contributed by atoms with E-state index in [-0.39, 0.29) is 23.8 Å². The zero-order valence-corrected chi connectivity index (χ0v) is 17.2. The predicted octanol–water partition coefficient (Wildman–Crippen LogP) is 3.52. The molecule has 2 aliphatic rings. The van der Waals surface area contributed by atoms with Crippen molar-refractivity contribution in [3.63, 3.8) is 0 Å². The molecular formula is C23H30O5. The van der Waals surface area contributed by atoms with E-state index in [9.17, 15) is 14.4 Å². The molecule has 0 radical (unpaired) electrons. The van der Waals surface area contributed by atoms with Gasteiger partial charge in [-0.05, 0) is 57.1 Å². The molecule has 0 bridgehead atoms. The lowest BCUT2D eigenvalue weighted by Crippen LogP contribution is -2.42. The number of hydrogen-bond donors (Lipinski definition) is 0. The van der Waals surface area contributed by atoms with Crippen molar-refractivity contribution < 1.29 is 23.9 Å². The van der Waals surface area contributed by atoms with Gasteiger partial charge in [0.15, 0.2) is 0 Å². The highest BCUT2D eigenvalue weighted by molar-refractivity contribution is 5.76. The molecule has 152 valence electrons. The molecule has 0 aromatic heterocycles. The van der Waals surface area contributed by atoms with E-state index in [0.29, 0.717) is 25.2 Å². The summed E-state index contributed by atoms with van der Waals surface area (Å²) in [6.07, 6.45) is 4.29. The number of methoxy groups -OCH3 is 1. The molecule has 2 fully saturated rings. The average molecular weight is 386 g/mol. The molecular weight excluding hydrogens is 356 g/mol. The summed E-state index contributed by atoms with van der Waals surface area (Å²) >= 11 is 0. The van der Waals surface area contributed by atoms with E-state index < -0.39 is 11.0 Å². The number of rotatable bonds is 7. The van der Waals surface area contributed by atoms with E-state index in [2.05, 4.69) is 6.07 Å². The normalized spacial score (nSPS) is 28.4. The standard InChI is InChI=1S/C23H30O5/c1-22(2,3)21(26)28-23(11-10-17-18(14-24)20(17)23)13-16-7-5-6-15(12-16)8-9-19(25)27-4/h5-7,12,14,17-18,20H,8-11,13H2,1-4H3. The van der Waals surface area contributed by atoms with Crippen molar-refractivity contribution in [2.24, 2.45) is 23.2 Å². The average Bonchev–Trinajstić information content (AvgIpc) is 3.27. The van der Waals surface area contributed by atoms with Crippen LogP contribution in [0.3, 0.4) is 0 Å². The first-order chi connectivity index (χ1) is 13.2. The summed E-state index contributed by atoms with van der Waals surface area (Å²) in [4.78, 5) is 35.6. The Hall–Kier alpha value is -2.17. The monoisotopic (exact) mass is 386 g/mol. The lowest BCUT2D eigenvalue weighted by molar-refractivity contribution is -0.172. The molecule has 0 aliphatic heterocycles. The van der Waals surface area contributed by atoms with Crippen LogP contribution in [0.2, 0.25) is 0 Å². The Balaban J connectivity index is 1.80. The maximum absolute atomic E-state index is 12.7. The fraction of sp³-hybridized carbons (Fsp3) is 0.609. The Bertz CT molecular complexity index is 763. The minimum atomic E-state index is -0.610. The number of aldehydes is 1. The zero-order chi connectivity index (χ0) is 20.5. The first kappa shape index (κ1) is 20.6. The van der Waals surface area contributed by atoms with Crippen molar-refractivity contribution in [3.8, 4) is 0 Å². The number of fused-ring (bicyclic) bond motifs is 1. The second kappa shape index (κ2) is 7.69. The van der Waals surface area contributed by atoms with E-state index in [1.54, 1.807) is 0 Å². The van der Waals surface area contributed by atoms with Gasteiger partial charge in [0.2, 0.25) is 0 Å². The first-order valence-electron chi connectivity index (χ1n) is 10.0. The molecule has 2 saturated carbocycles. The Kier molecular flexibility index (Phi) is 5.64. The van der Waals surface area contributed by atoms with Crippen LogP contribution in [0, 0.1) is 23.2 Å². The van der Waals surface area contributed by atoms with Crippen molar-refractivity contribution in [2.45, 2.75) is 58.5 Å². The molecule has 0 N–H and O–H groups in total. The van der Waals surface area contributed by atoms with E-state index in [1.807, 2.05) is 39.0 Å². The number of carbonyl (C=O) groups is 3. The Morgan fingerprint density at radius 2 is 1.96 bits per heavy atom. The summed E-state index contributed by atoms with van der Waals surface area (Å²) in [5, 5.41) is 0. The van der Waals surface area contributed by atoms with Crippen molar-refractivity contribution in [1.29, 1.82) is 0 Å². The third-order valence-corrected chi connectivity index (χ3v) is 6.14. The van der Waals surface area contributed by atoms with Crippen LogP contribution in [-0.2, 0) is 36.7 Å². The lowest BCUT2D eigenvalue weighted by Gasteiger charge is -2.35. The van der Waals surface area contributed by atoms with Gasteiger partial charge in [0.1, 0.15) is 11.9 Å². The van der Waals surface area contributed by atoms with Gasteiger partial charge in [0.05, 0.1) is 12.5 Å². The Labute approximate surface area is 166 Å². The van der Waals surface area contributed by atoms with Gasteiger partial charge in [-0.25, -0.2) is 0 Å². The number of carbonyl (C=O) groups excluding carboxylic acids is 3. The predicted molar refractivity (Wildman–Crippen MR) is 105 cm³/mol. The van der Waals surface area contributed by atoms with Crippen LogP contribution >= 0.6 is 0 Å². The molecule has 1 aromatic carbocycles. The van der Waals surface area contributed by atoms with Crippen LogP contribution in [0.1, 0.15) is 51.2 Å².